The molecular formula is C24H22F2N4O3. The van der Waals surface area contributed by atoms with E-state index in [0.717, 1.165) is 22.6 Å². The maximum Gasteiger partial charge on any atom is 0.586 e. The minimum Gasteiger partial charge on any atom is -0.395 e. The average Bonchev–Trinajstić information content (AvgIpc) is 3.52. The SMILES string of the molecule is Cc1ccc(NC(=O)C2(c3ccc4c(c3)OC(F)(F)O4)CC2)nc1-c1ccc(N(C)C)nc1. The molecule has 1 N–H and O–H groups in total. The number of alkyl halides is 2. The fraction of sp³-hybridized carbons (Fsp3) is 0.292. The molecule has 3 aromatic rings. The summed E-state index contributed by atoms with van der Waals surface area (Å²) in [6.07, 6.45) is -0.740. The van der Waals surface area contributed by atoms with Gasteiger partial charge in [-0.25, -0.2) is 9.97 Å². The van der Waals surface area contributed by atoms with Crippen LogP contribution in [0.2, 0.25) is 0 Å². The predicted molar refractivity (Wildman–Crippen MR) is 119 cm³/mol. The molecule has 0 spiro atoms. The van der Waals surface area contributed by atoms with Crippen molar-refractivity contribution >= 4 is 17.5 Å². The number of pyridine rings is 2. The summed E-state index contributed by atoms with van der Waals surface area (Å²) < 4.78 is 35.7. The molecule has 1 aromatic carbocycles. The number of nitrogens with one attached hydrogen (secondary N) is 1. The zero-order valence-electron chi connectivity index (χ0n) is 18.4. The van der Waals surface area contributed by atoms with E-state index in [-0.39, 0.29) is 17.4 Å². The highest BCUT2D eigenvalue weighted by Gasteiger charge is 2.53. The second kappa shape index (κ2) is 7.40. The van der Waals surface area contributed by atoms with Crippen molar-refractivity contribution in [3.05, 3.63) is 59.8 Å². The lowest BCUT2D eigenvalue weighted by atomic mass is 9.94. The molecule has 1 aliphatic heterocycles. The van der Waals surface area contributed by atoms with Crippen LogP contribution < -0.4 is 19.7 Å². The number of rotatable bonds is 5. The Bertz CT molecular complexity index is 1240. The molecule has 1 saturated carbocycles. The van der Waals surface area contributed by atoms with Crippen LogP contribution >= 0.6 is 0 Å². The lowest BCUT2D eigenvalue weighted by Gasteiger charge is -2.17. The van der Waals surface area contributed by atoms with Crippen LogP contribution in [0.4, 0.5) is 20.4 Å². The van der Waals surface area contributed by atoms with E-state index in [1.54, 1.807) is 18.3 Å². The summed E-state index contributed by atoms with van der Waals surface area (Å²) in [4.78, 5) is 24.2. The van der Waals surface area contributed by atoms with Crippen LogP contribution in [0.3, 0.4) is 0 Å². The third kappa shape index (κ3) is 3.83. The Kier molecular flexibility index (Phi) is 4.73. The summed E-state index contributed by atoms with van der Waals surface area (Å²) >= 11 is 0. The molecule has 1 amide bonds. The molecule has 3 heterocycles. The minimum atomic E-state index is -3.69. The van der Waals surface area contributed by atoms with Gasteiger partial charge in [0.05, 0.1) is 11.1 Å². The van der Waals surface area contributed by atoms with Gasteiger partial charge in [0, 0.05) is 25.9 Å². The van der Waals surface area contributed by atoms with Crippen molar-refractivity contribution in [3.8, 4) is 22.8 Å². The van der Waals surface area contributed by atoms with Crippen LogP contribution in [-0.2, 0) is 10.2 Å². The van der Waals surface area contributed by atoms with E-state index in [1.165, 1.54) is 12.1 Å². The Morgan fingerprint density at radius 3 is 2.48 bits per heavy atom. The first kappa shape index (κ1) is 21.1. The fourth-order valence-electron chi connectivity index (χ4n) is 3.94. The van der Waals surface area contributed by atoms with E-state index >= 15 is 0 Å². The maximum atomic E-state index is 13.4. The number of carbonyl (C=O) groups excluding carboxylic acids is 1. The highest BCUT2D eigenvalue weighted by atomic mass is 19.3. The number of hydrogen-bond donors (Lipinski definition) is 1. The monoisotopic (exact) mass is 452 g/mol. The van der Waals surface area contributed by atoms with Crippen LogP contribution in [0.1, 0.15) is 24.0 Å². The molecule has 33 heavy (non-hydrogen) atoms. The first-order valence-corrected chi connectivity index (χ1v) is 10.5. The molecule has 9 heteroatoms. The molecule has 0 radical (unpaired) electrons. The number of ether oxygens (including phenoxy) is 2. The quantitative estimate of drug-likeness (QED) is 0.614. The largest absolute Gasteiger partial charge is 0.586 e. The van der Waals surface area contributed by atoms with Gasteiger partial charge in [-0.05, 0) is 61.2 Å². The Morgan fingerprint density at radius 1 is 1.06 bits per heavy atom. The Hall–Kier alpha value is -3.75. The van der Waals surface area contributed by atoms with Crippen molar-refractivity contribution in [3.63, 3.8) is 0 Å². The lowest BCUT2D eigenvalue weighted by Crippen LogP contribution is -2.28. The zero-order valence-corrected chi connectivity index (χ0v) is 18.4. The number of nitrogens with zero attached hydrogens (tertiary/aromatic N) is 3. The molecule has 0 atom stereocenters. The molecule has 2 aromatic heterocycles. The molecule has 1 fully saturated rings. The van der Waals surface area contributed by atoms with Crippen molar-refractivity contribution in [1.29, 1.82) is 0 Å². The molecule has 2 aliphatic rings. The second-order valence-corrected chi connectivity index (χ2v) is 8.53. The van der Waals surface area contributed by atoms with Crippen LogP contribution in [0.15, 0.2) is 48.7 Å². The Balaban J connectivity index is 1.38. The van der Waals surface area contributed by atoms with Gasteiger partial charge in [0.25, 0.3) is 0 Å². The van der Waals surface area contributed by atoms with Crippen molar-refractivity contribution in [2.24, 2.45) is 0 Å². The molecule has 170 valence electrons. The van der Waals surface area contributed by atoms with Crippen LogP contribution in [-0.4, -0.2) is 36.3 Å². The van der Waals surface area contributed by atoms with E-state index in [1.807, 2.05) is 44.1 Å². The fourth-order valence-corrected chi connectivity index (χ4v) is 3.94. The molecule has 0 unspecified atom stereocenters. The van der Waals surface area contributed by atoms with Gasteiger partial charge in [-0.15, -0.1) is 8.78 Å². The van der Waals surface area contributed by atoms with E-state index in [9.17, 15) is 13.6 Å². The standard InChI is InChI=1S/C24H22F2N4O3/c1-14-4-8-19(28-21(14)15-5-9-20(27-13-15)30(2)3)29-22(31)23(10-11-23)16-6-7-17-18(12-16)33-24(25,26)32-17/h4-9,12-13H,10-11H2,1-3H3,(H,28,29,31). The third-order valence-electron chi connectivity index (χ3n) is 5.96. The molecule has 7 nitrogen and oxygen atoms in total. The molecule has 0 bridgehead atoms. The second-order valence-electron chi connectivity index (χ2n) is 8.53. The number of aromatic nitrogens is 2. The number of hydrogen-bond acceptors (Lipinski definition) is 6. The van der Waals surface area contributed by atoms with Gasteiger partial charge in [-0.1, -0.05) is 12.1 Å². The van der Waals surface area contributed by atoms with Gasteiger partial charge < -0.3 is 19.7 Å². The number of fused-ring (bicyclic) bond motifs is 1. The summed E-state index contributed by atoms with van der Waals surface area (Å²) in [5.41, 5.74) is 2.31. The number of carbonyl (C=O) groups is 1. The van der Waals surface area contributed by atoms with Crippen LogP contribution in [0.5, 0.6) is 11.5 Å². The van der Waals surface area contributed by atoms with Crippen molar-refractivity contribution in [2.75, 3.05) is 24.3 Å². The Labute approximate surface area is 189 Å². The Morgan fingerprint density at radius 2 is 1.82 bits per heavy atom. The molecule has 0 saturated heterocycles. The minimum absolute atomic E-state index is 0.0429. The topological polar surface area (TPSA) is 76.6 Å². The van der Waals surface area contributed by atoms with Crippen LogP contribution in [0, 0.1) is 6.92 Å². The van der Waals surface area contributed by atoms with E-state index in [4.69, 9.17) is 0 Å². The maximum absolute atomic E-state index is 13.4. The first-order chi connectivity index (χ1) is 15.7. The van der Waals surface area contributed by atoms with Crippen molar-refractivity contribution in [2.45, 2.75) is 31.5 Å². The smallest absolute Gasteiger partial charge is 0.395 e. The number of amides is 1. The first-order valence-electron chi connectivity index (χ1n) is 10.5. The van der Waals surface area contributed by atoms with Gasteiger partial charge in [0.2, 0.25) is 5.91 Å². The molecule has 5 rings (SSSR count). The number of benzene rings is 1. The summed E-state index contributed by atoms with van der Waals surface area (Å²) in [7, 11) is 3.84. The van der Waals surface area contributed by atoms with Gasteiger partial charge in [-0.2, -0.15) is 0 Å². The van der Waals surface area contributed by atoms with E-state index in [2.05, 4.69) is 24.8 Å². The van der Waals surface area contributed by atoms with Gasteiger partial charge >= 0.3 is 6.29 Å². The zero-order chi connectivity index (χ0) is 23.4. The summed E-state index contributed by atoms with van der Waals surface area (Å²) in [5, 5.41) is 2.90. The normalized spacial score (nSPS) is 16.9. The molecular weight excluding hydrogens is 430 g/mol. The summed E-state index contributed by atoms with van der Waals surface area (Å²) in [6, 6.07) is 12.0. The van der Waals surface area contributed by atoms with E-state index < -0.39 is 11.7 Å². The highest BCUT2D eigenvalue weighted by Crippen LogP contribution is 2.52. The number of halogens is 2. The van der Waals surface area contributed by atoms with Crippen molar-refractivity contribution < 1.29 is 23.0 Å². The highest BCUT2D eigenvalue weighted by molar-refractivity contribution is 6.01. The van der Waals surface area contributed by atoms with Crippen LogP contribution in [0.25, 0.3) is 11.3 Å². The molecule has 1 aliphatic carbocycles. The van der Waals surface area contributed by atoms with E-state index in [0.29, 0.717) is 24.2 Å². The average molecular weight is 452 g/mol. The number of aryl methyl sites for hydroxylation is 1. The number of anilines is 2. The van der Waals surface area contributed by atoms with Gasteiger partial charge in [0.15, 0.2) is 11.5 Å². The van der Waals surface area contributed by atoms with Gasteiger partial charge in [-0.3, -0.25) is 4.79 Å². The predicted octanol–water partition coefficient (Wildman–Crippen LogP) is 4.51. The van der Waals surface area contributed by atoms with Crippen molar-refractivity contribution in [1.82, 2.24) is 9.97 Å². The summed E-state index contributed by atoms with van der Waals surface area (Å²) in [6.45, 7) is 1.94. The lowest BCUT2D eigenvalue weighted by molar-refractivity contribution is -0.286. The summed E-state index contributed by atoms with van der Waals surface area (Å²) in [5.74, 6) is 0.894. The third-order valence-corrected chi connectivity index (χ3v) is 5.96. The van der Waals surface area contributed by atoms with Gasteiger partial charge in [0.1, 0.15) is 11.6 Å².